The van der Waals surface area contributed by atoms with Crippen LogP contribution < -0.4 is 14.8 Å². The highest BCUT2D eigenvalue weighted by Gasteiger charge is 2.25. The van der Waals surface area contributed by atoms with Crippen LogP contribution in [-0.4, -0.2) is 45.7 Å². The van der Waals surface area contributed by atoms with E-state index in [0.29, 0.717) is 25.2 Å². The number of benzene rings is 1. The van der Waals surface area contributed by atoms with E-state index in [2.05, 4.69) is 15.0 Å². The van der Waals surface area contributed by atoms with Gasteiger partial charge in [0.15, 0.2) is 0 Å². The van der Waals surface area contributed by atoms with Crippen molar-refractivity contribution < 1.29 is 27.1 Å². The predicted octanol–water partition coefficient (Wildman–Crippen LogP) is 1.86. The predicted molar refractivity (Wildman–Crippen MR) is 99.4 cm³/mol. The number of rotatable bonds is 6. The summed E-state index contributed by atoms with van der Waals surface area (Å²) in [7, 11) is -2.47. The SMILES string of the molecule is COc1ccc(S(=O)(=O)NC2CCOC2)cc1C(=O)Nc1cc(C)c(F)cn1. The van der Waals surface area contributed by atoms with Crippen molar-refractivity contribution >= 4 is 21.7 Å². The van der Waals surface area contributed by atoms with Gasteiger partial charge in [-0.1, -0.05) is 0 Å². The average Bonchev–Trinajstić information content (AvgIpc) is 3.16. The molecule has 8 nitrogen and oxygen atoms in total. The van der Waals surface area contributed by atoms with Crippen LogP contribution in [-0.2, 0) is 14.8 Å². The molecule has 0 bridgehead atoms. The van der Waals surface area contributed by atoms with E-state index in [1.165, 1.54) is 31.4 Å². The van der Waals surface area contributed by atoms with Gasteiger partial charge in [-0.2, -0.15) is 0 Å². The minimum atomic E-state index is -3.84. The summed E-state index contributed by atoms with van der Waals surface area (Å²) in [5.41, 5.74) is 0.327. The molecule has 1 atom stereocenters. The van der Waals surface area contributed by atoms with Crippen molar-refractivity contribution in [2.45, 2.75) is 24.3 Å². The van der Waals surface area contributed by atoms with Crippen molar-refractivity contribution in [3.05, 3.63) is 47.4 Å². The highest BCUT2D eigenvalue weighted by atomic mass is 32.2. The van der Waals surface area contributed by atoms with Crippen molar-refractivity contribution in [3.63, 3.8) is 0 Å². The molecule has 10 heteroatoms. The second kappa shape index (κ2) is 8.21. The topological polar surface area (TPSA) is 107 Å². The number of carbonyl (C=O) groups is 1. The lowest BCUT2D eigenvalue weighted by molar-refractivity contribution is 0.102. The quantitative estimate of drug-likeness (QED) is 0.754. The number of pyridine rings is 1. The Morgan fingerprint density at radius 3 is 2.79 bits per heavy atom. The molecule has 1 amide bonds. The van der Waals surface area contributed by atoms with Gasteiger partial charge < -0.3 is 14.8 Å². The Balaban J connectivity index is 1.87. The van der Waals surface area contributed by atoms with Gasteiger partial charge in [0.1, 0.15) is 17.4 Å². The molecule has 3 rings (SSSR count). The lowest BCUT2D eigenvalue weighted by Crippen LogP contribution is -2.35. The monoisotopic (exact) mass is 409 g/mol. The number of nitrogens with zero attached hydrogens (tertiary/aromatic N) is 1. The van der Waals surface area contributed by atoms with Gasteiger partial charge in [-0.05, 0) is 43.2 Å². The van der Waals surface area contributed by atoms with Crippen LogP contribution in [0.5, 0.6) is 5.75 Å². The molecule has 0 spiro atoms. The molecule has 1 fully saturated rings. The summed E-state index contributed by atoms with van der Waals surface area (Å²) in [6.07, 6.45) is 1.58. The molecular weight excluding hydrogens is 389 g/mol. The van der Waals surface area contributed by atoms with Gasteiger partial charge in [0, 0.05) is 12.6 Å². The molecule has 0 radical (unpaired) electrons. The fourth-order valence-corrected chi connectivity index (χ4v) is 4.02. The van der Waals surface area contributed by atoms with E-state index >= 15 is 0 Å². The third-order valence-corrected chi connectivity index (χ3v) is 5.78. The smallest absolute Gasteiger partial charge is 0.260 e. The molecule has 1 unspecified atom stereocenters. The van der Waals surface area contributed by atoms with Gasteiger partial charge in [0.2, 0.25) is 10.0 Å². The minimum absolute atomic E-state index is 0.0109. The molecule has 1 saturated heterocycles. The van der Waals surface area contributed by atoms with Gasteiger partial charge in [-0.15, -0.1) is 0 Å². The van der Waals surface area contributed by atoms with Gasteiger partial charge in [-0.3, -0.25) is 4.79 Å². The van der Waals surface area contributed by atoms with Crippen LogP contribution in [0.1, 0.15) is 22.3 Å². The normalized spacial score (nSPS) is 16.8. The molecule has 1 aromatic carbocycles. The number of aryl methyl sites for hydroxylation is 1. The maximum absolute atomic E-state index is 13.4. The van der Waals surface area contributed by atoms with Crippen LogP contribution in [0.25, 0.3) is 0 Å². The summed E-state index contributed by atoms with van der Waals surface area (Å²) in [4.78, 5) is 16.4. The zero-order chi connectivity index (χ0) is 20.3. The Morgan fingerprint density at radius 1 is 1.36 bits per heavy atom. The maximum Gasteiger partial charge on any atom is 0.260 e. The van der Waals surface area contributed by atoms with Crippen LogP contribution in [0, 0.1) is 12.7 Å². The Morgan fingerprint density at radius 2 is 2.14 bits per heavy atom. The molecule has 0 aliphatic carbocycles. The maximum atomic E-state index is 13.4. The Kier molecular flexibility index (Phi) is 5.92. The van der Waals surface area contributed by atoms with Gasteiger partial charge in [0.25, 0.3) is 5.91 Å². The Labute approximate surface area is 162 Å². The molecule has 28 heavy (non-hydrogen) atoms. The number of halogens is 1. The zero-order valence-electron chi connectivity index (χ0n) is 15.4. The van der Waals surface area contributed by atoms with Crippen LogP contribution in [0.3, 0.4) is 0 Å². The molecule has 2 aromatic rings. The van der Waals surface area contributed by atoms with Crippen LogP contribution in [0.4, 0.5) is 10.2 Å². The summed E-state index contributed by atoms with van der Waals surface area (Å²) in [6.45, 7) is 2.34. The van der Waals surface area contributed by atoms with Gasteiger partial charge in [0.05, 0.1) is 30.4 Å². The Bertz CT molecular complexity index is 991. The van der Waals surface area contributed by atoms with E-state index in [9.17, 15) is 17.6 Å². The minimum Gasteiger partial charge on any atom is -0.496 e. The molecule has 0 saturated carbocycles. The highest BCUT2D eigenvalue weighted by Crippen LogP contribution is 2.24. The van der Waals surface area contributed by atoms with Crippen molar-refractivity contribution in [2.75, 3.05) is 25.6 Å². The molecular formula is C18H20FN3O5S. The number of aromatic nitrogens is 1. The van der Waals surface area contributed by atoms with Crippen molar-refractivity contribution in [2.24, 2.45) is 0 Å². The number of ether oxygens (including phenoxy) is 2. The van der Waals surface area contributed by atoms with E-state index in [1.807, 2.05) is 0 Å². The summed E-state index contributed by atoms with van der Waals surface area (Å²) in [6, 6.07) is 5.05. The summed E-state index contributed by atoms with van der Waals surface area (Å²) < 4.78 is 51.5. The highest BCUT2D eigenvalue weighted by molar-refractivity contribution is 7.89. The number of anilines is 1. The number of amides is 1. The standard InChI is InChI=1S/C18H20FN3O5S/c1-11-7-17(20-9-15(11)19)21-18(23)14-8-13(3-4-16(14)26-2)28(24,25)22-12-5-6-27-10-12/h3-4,7-9,12,22H,5-6,10H2,1-2H3,(H,20,21,23). The first-order valence-electron chi connectivity index (χ1n) is 8.52. The number of carbonyl (C=O) groups excluding carboxylic acids is 1. The fraction of sp³-hybridized carbons (Fsp3) is 0.333. The fourth-order valence-electron chi connectivity index (χ4n) is 2.74. The molecule has 1 aliphatic heterocycles. The number of sulfonamides is 1. The second-order valence-electron chi connectivity index (χ2n) is 6.32. The van der Waals surface area contributed by atoms with E-state index in [-0.39, 0.29) is 28.1 Å². The van der Waals surface area contributed by atoms with Crippen LogP contribution in [0.2, 0.25) is 0 Å². The molecule has 1 aliphatic rings. The Hall–Kier alpha value is -2.56. The lowest BCUT2D eigenvalue weighted by Gasteiger charge is -2.14. The molecule has 150 valence electrons. The van der Waals surface area contributed by atoms with Gasteiger partial charge >= 0.3 is 0 Å². The first-order valence-corrected chi connectivity index (χ1v) is 10.00. The second-order valence-corrected chi connectivity index (χ2v) is 8.03. The number of hydrogen-bond acceptors (Lipinski definition) is 6. The zero-order valence-corrected chi connectivity index (χ0v) is 16.2. The van der Waals surface area contributed by atoms with E-state index in [1.54, 1.807) is 6.92 Å². The third-order valence-electron chi connectivity index (χ3n) is 4.27. The third kappa shape index (κ3) is 4.46. The van der Waals surface area contributed by atoms with E-state index in [4.69, 9.17) is 9.47 Å². The van der Waals surface area contributed by atoms with Gasteiger partial charge in [-0.25, -0.2) is 22.5 Å². The van der Waals surface area contributed by atoms with E-state index in [0.717, 1.165) is 6.20 Å². The van der Waals surface area contributed by atoms with Crippen molar-refractivity contribution in [1.82, 2.24) is 9.71 Å². The van der Waals surface area contributed by atoms with Crippen molar-refractivity contribution in [3.8, 4) is 5.75 Å². The largest absolute Gasteiger partial charge is 0.496 e. The molecule has 2 heterocycles. The average molecular weight is 409 g/mol. The van der Waals surface area contributed by atoms with Crippen molar-refractivity contribution in [1.29, 1.82) is 0 Å². The first-order chi connectivity index (χ1) is 13.3. The first kappa shape index (κ1) is 20.2. The molecule has 2 N–H and O–H groups in total. The van der Waals surface area contributed by atoms with Crippen LogP contribution >= 0.6 is 0 Å². The lowest BCUT2D eigenvalue weighted by atomic mass is 10.2. The summed E-state index contributed by atoms with van der Waals surface area (Å²) >= 11 is 0. The number of nitrogens with one attached hydrogen (secondary N) is 2. The van der Waals surface area contributed by atoms with Crippen LogP contribution in [0.15, 0.2) is 35.4 Å². The summed E-state index contributed by atoms with van der Waals surface area (Å²) in [5, 5.41) is 2.52. The number of hydrogen-bond donors (Lipinski definition) is 2. The number of methoxy groups -OCH3 is 1. The summed E-state index contributed by atoms with van der Waals surface area (Å²) in [5.74, 6) is -0.790. The molecule has 1 aromatic heterocycles. The van der Waals surface area contributed by atoms with E-state index < -0.39 is 21.7 Å².